The Morgan fingerprint density at radius 3 is 2.55 bits per heavy atom. The highest BCUT2D eigenvalue weighted by Crippen LogP contribution is 2.26. The average molecular weight is 501 g/mol. The summed E-state index contributed by atoms with van der Waals surface area (Å²) in [4.78, 5) is 37.6. The number of carbonyl (C=O) groups is 3. The molecule has 1 heterocycles. The van der Waals surface area contributed by atoms with E-state index in [0.29, 0.717) is 26.0 Å². The zero-order valence-electron chi connectivity index (χ0n) is 18.2. The molecule has 0 aromatic heterocycles. The number of hydrazine groups is 1. The van der Waals surface area contributed by atoms with Crippen molar-refractivity contribution in [2.24, 2.45) is 5.92 Å². The lowest BCUT2D eigenvalue weighted by atomic mass is 10.1. The van der Waals surface area contributed by atoms with Gasteiger partial charge in [0.15, 0.2) is 0 Å². The summed E-state index contributed by atoms with van der Waals surface area (Å²) in [5.74, 6) is -1.41. The van der Waals surface area contributed by atoms with E-state index in [4.69, 9.17) is 44.3 Å². The first-order valence-corrected chi connectivity index (χ1v) is 11.4. The van der Waals surface area contributed by atoms with E-state index in [1.54, 1.807) is 13.0 Å². The number of rotatable bonds is 11. The van der Waals surface area contributed by atoms with Gasteiger partial charge in [0.2, 0.25) is 9.70 Å². The Hall–Kier alpha value is -1.06. The Morgan fingerprint density at radius 2 is 1.97 bits per heavy atom. The van der Waals surface area contributed by atoms with Gasteiger partial charge in [-0.25, -0.2) is 5.43 Å². The van der Waals surface area contributed by atoms with Crippen LogP contribution in [0.3, 0.4) is 0 Å². The van der Waals surface area contributed by atoms with Crippen molar-refractivity contribution in [3.8, 4) is 0 Å². The van der Waals surface area contributed by atoms with Crippen molar-refractivity contribution in [3.05, 3.63) is 12.7 Å². The average Bonchev–Trinajstić information content (AvgIpc) is 2.70. The van der Waals surface area contributed by atoms with E-state index in [2.05, 4.69) is 17.3 Å². The monoisotopic (exact) mass is 499 g/mol. The lowest BCUT2D eigenvalue weighted by Crippen LogP contribution is -2.60. The van der Waals surface area contributed by atoms with E-state index >= 15 is 0 Å². The third-order valence-electron chi connectivity index (χ3n) is 4.56. The molecule has 178 valence electrons. The normalized spacial score (nSPS) is 18.9. The summed E-state index contributed by atoms with van der Waals surface area (Å²) in [5.41, 5.74) is 2.83. The minimum atomic E-state index is -1.71. The van der Waals surface area contributed by atoms with Gasteiger partial charge >= 0.3 is 5.97 Å². The second-order valence-electron chi connectivity index (χ2n) is 7.73. The zero-order valence-corrected chi connectivity index (χ0v) is 20.4. The Labute approximate surface area is 198 Å². The molecule has 3 atom stereocenters. The van der Waals surface area contributed by atoms with Crippen molar-refractivity contribution in [2.45, 2.75) is 68.4 Å². The van der Waals surface area contributed by atoms with Crippen LogP contribution in [0.15, 0.2) is 12.7 Å². The van der Waals surface area contributed by atoms with Gasteiger partial charge in [0.05, 0.1) is 0 Å². The van der Waals surface area contributed by atoms with E-state index in [1.807, 2.05) is 13.8 Å². The molecule has 31 heavy (non-hydrogen) atoms. The predicted octanol–water partition coefficient (Wildman–Crippen LogP) is 2.91. The molecule has 0 bridgehead atoms. The first-order chi connectivity index (χ1) is 14.5. The Kier molecular flexibility index (Phi) is 12.2. The van der Waals surface area contributed by atoms with Gasteiger partial charge in [-0.2, -0.15) is 0 Å². The number of allylic oxidation sites excluding steroid dienone is 1. The quantitative estimate of drug-likeness (QED) is 0.196. The zero-order chi connectivity index (χ0) is 23.6. The first-order valence-electron chi connectivity index (χ1n) is 10.3. The van der Waals surface area contributed by atoms with Crippen LogP contribution in [0.4, 0.5) is 0 Å². The highest BCUT2D eigenvalue weighted by Gasteiger charge is 2.34. The highest BCUT2D eigenvalue weighted by molar-refractivity contribution is 6.67. The molecule has 0 spiro atoms. The molecule has 1 aliphatic heterocycles. The van der Waals surface area contributed by atoms with Gasteiger partial charge in [0.25, 0.3) is 5.91 Å². The number of alkyl halides is 3. The van der Waals surface area contributed by atoms with Crippen molar-refractivity contribution in [2.75, 3.05) is 19.8 Å². The summed E-state index contributed by atoms with van der Waals surface area (Å²) in [6.45, 7) is 9.43. The molecule has 2 amide bonds. The van der Waals surface area contributed by atoms with Gasteiger partial charge in [0.1, 0.15) is 24.8 Å². The smallest absolute Gasteiger partial charge is 0.325 e. The summed E-state index contributed by atoms with van der Waals surface area (Å²) in [5, 5.41) is 4.02. The number of ether oxygens (including phenoxy) is 2. The number of unbranched alkanes of at least 4 members (excludes halogenated alkanes) is 1. The van der Waals surface area contributed by atoms with Gasteiger partial charge < -0.3 is 14.8 Å². The van der Waals surface area contributed by atoms with Crippen LogP contribution in [0.5, 0.6) is 0 Å². The summed E-state index contributed by atoms with van der Waals surface area (Å²) < 4.78 is 8.98. The van der Waals surface area contributed by atoms with Crippen LogP contribution in [-0.4, -0.2) is 64.5 Å². The maximum atomic E-state index is 12.8. The Balaban J connectivity index is 2.60. The molecule has 0 unspecified atom stereocenters. The van der Waals surface area contributed by atoms with Crippen LogP contribution < -0.4 is 10.7 Å². The van der Waals surface area contributed by atoms with Gasteiger partial charge in [-0.1, -0.05) is 54.7 Å². The fourth-order valence-corrected chi connectivity index (χ4v) is 3.13. The highest BCUT2D eigenvalue weighted by atomic mass is 35.6. The summed E-state index contributed by atoms with van der Waals surface area (Å²) in [6, 6.07) is -1.56. The second kappa shape index (κ2) is 13.5. The third-order valence-corrected chi connectivity index (χ3v) is 4.89. The second-order valence-corrected chi connectivity index (χ2v) is 10.2. The van der Waals surface area contributed by atoms with Crippen LogP contribution in [0.2, 0.25) is 0 Å². The molecular weight excluding hydrogens is 469 g/mol. The molecule has 0 aromatic rings. The van der Waals surface area contributed by atoms with Crippen molar-refractivity contribution in [3.63, 3.8) is 0 Å². The number of nitrogens with zero attached hydrogens (tertiary/aromatic N) is 1. The summed E-state index contributed by atoms with van der Waals surface area (Å²) >= 11 is 16.8. The summed E-state index contributed by atoms with van der Waals surface area (Å²) in [6.07, 6.45) is 3.74. The van der Waals surface area contributed by atoms with Gasteiger partial charge in [-0.05, 0) is 38.5 Å². The fraction of sp³-hybridized carbons (Fsp3) is 0.750. The van der Waals surface area contributed by atoms with Gasteiger partial charge in [-0.15, -0.1) is 6.58 Å². The number of hydrogen-bond acceptors (Lipinski definition) is 6. The molecule has 1 fully saturated rings. The SMILES string of the molecule is C=CCCCO[C@H](C(=O)N[C@@H](C)C(=O)N1CCC[C@@H](C(=O)OCC(Cl)(Cl)Cl)N1)C(C)C. The number of hydrogen-bond donors (Lipinski definition) is 2. The maximum Gasteiger partial charge on any atom is 0.325 e. The van der Waals surface area contributed by atoms with Crippen molar-refractivity contribution in [1.82, 2.24) is 15.8 Å². The van der Waals surface area contributed by atoms with Gasteiger partial charge in [-0.3, -0.25) is 19.4 Å². The number of amides is 2. The molecule has 8 nitrogen and oxygen atoms in total. The van der Waals surface area contributed by atoms with E-state index in [0.717, 1.165) is 12.8 Å². The standard InChI is InChI=1S/C20H32Cl3N3O5/c1-5-6-7-11-30-16(13(2)3)17(27)24-14(4)18(28)26-10-8-9-15(25-26)19(29)31-12-20(21,22)23/h5,13-16,25H,1,6-12H2,2-4H3,(H,24,27)/t14-,15-,16-/m0/s1. The van der Waals surface area contributed by atoms with Crippen molar-refractivity contribution in [1.29, 1.82) is 0 Å². The summed E-state index contributed by atoms with van der Waals surface area (Å²) in [7, 11) is 0. The number of esters is 1. The minimum absolute atomic E-state index is 0.0591. The van der Waals surface area contributed by atoms with E-state index in [1.165, 1.54) is 5.01 Å². The fourth-order valence-electron chi connectivity index (χ4n) is 2.97. The molecule has 0 aliphatic carbocycles. The molecule has 0 radical (unpaired) electrons. The van der Waals surface area contributed by atoms with Crippen LogP contribution in [0.1, 0.15) is 46.5 Å². The Bertz CT molecular complexity index is 628. The van der Waals surface area contributed by atoms with Crippen LogP contribution >= 0.6 is 34.8 Å². The molecule has 1 rings (SSSR count). The lowest BCUT2D eigenvalue weighted by Gasteiger charge is -2.34. The van der Waals surface area contributed by atoms with Crippen LogP contribution in [-0.2, 0) is 23.9 Å². The van der Waals surface area contributed by atoms with Gasteiger partial charge in [0, 0.05) is 13.2 Å². The first kappa shape index (κ1) is 28.0. The number of carbonyl (C=O) groups excluding carboxylic acids is 3. The maximum absolute atomic E-state index is 12.8. The number of halogens is 3. The van der Waals surface area contributed by atoms with Crippen molar-refractivity contribution < 1.29 is 23.9 Å². The topological polar surface area (TPSA) is 97.0 Å². The number of nitrogens with one attached hydrogen (secondary N) is 2. The van der Waals surface area contributed by atoms with E-state index in [-0.39, 0.29) is 17.7 Å². The largest absolute Gasteiger partial charge is 0.460 e. The predicted molar refractivity (Wildman–Crippen MR) is 121 cm³/mol. The molecule has 1 saturated heterocycles. The lowest BCUT2D eigenvalue weighted by molar-refractivity contribution is -0.153. The molecule has 0 aromatic carbocycles. The molecular formula is C20H32Cl3N3O5. The van der Waals surface area contributed by atoms with Crippen LogP contribution in [0.25, 0.3) is 0 Å². The minimum Gasteiger partial charge on any atom is -0.460 e. The van der Waals surface area contributed by atoms with E-state index in [9.17, 15) is 14.4 Å². The molecule has 1 aliphatic rings. The molecule has 11 heteroatoms. The van der Waals surface area contributed by atoms with Crippen molar-refractivity contribution >= 4 is 52.6 Å². The molecule has 0 saturated carbocycles. The molecule has 2 N–H and O–H groups in total. The Morgan fingerprint density at radius 1 is 1.29 bits per heavy atom. The third kappa shape index (κ3) is 10.4. The van der Waals surface area contributed by atoms with Crippen LogP contribution in [0, 0.1) is 5.92 Å². The van der Waals surface area contributed by atoms with E-state index < -0.39 is 34.6 Å².